The number of nitrogens with zero attached hydrogens (tertiary/aromatic N) is 4. The van der Waals surface area contributed by atoms with Crippen LogP contribution in [-0.2, 0) is 17.1 Å². The van der Waals surface area contributed by atoms with E-state index < -0.39 is 10.0 Å². The van der Waals surface area contributed by atoms with Gasteiger partial charge in [0.25, 0.3) is 10.0 Å². The number of aryl methyl sites for hydroxylation is 1. The van der Waals surface area contributed by atoms with Gasteiger partial charge in [0.1, 0.15) is 0 Å². The Hall–Kier alpha value is -2.71. The van der Waals surface area contributed by atoms with Crippen molar-refractivity contribution < 1.29 is 8.42 Å². The standard InChI is InChI=1S/C19H21N5O2S/c1-23-13-19(21-14-23)27(25,26)24-11-17(15-5-3-2-4-6-15)18(12-24)22-16-7-9-20-10-8-16/h2-10,13-14,17-18H,11-12H2,1H3,(H,20,22). The third-order valence-electron chi connectivity index (χ3n) is 4.83. The number of rotatable bonds is 5. The molecule has 0 aliphatic carbocycles. The summed E-state index contributed by atoms with van der Waals surface area (Å²) in [6.45, 7) is 0.784. The predicted octanol–water partition coefficient (Wildman–Crippen LogP) is 2.08. The van der Waals surface area contributed by atoms with E-state index in [1.165, 1.54) is 16.8 Å². The van der Waals surface area contributed by atoms with Gasteiger partial charge in [0.2, 0.25) is 0 Å². The number of sulfonamides is 1. The van der Waals surface area contributed by atoms with Gasteiger partial charge in [0.15, 0.2) is 5.03 Å². The summed E-state index contributed by atoms with van der Waals surface area (Å²) in [5.74, 6) is 0.0397. The molecule has 2 aromatic heterocycles. The average Bonchev–Trinajstić information content (AvgIpc) is 3.31. The number of hydrogen-bond acceptors (Lipinski definition) is 5. The molecule has 1 aliphatic rings. The molecule has 1 aliphatic heterocycles. The van der Waals surface area contributed by atoms with E-state index in [9.17, 15) is 8.42 Å². The van der Waals surface area contributed by atoms with Gasteiger partial charge in [-0.1, -0.05) is 30.3 Å². The lowest BCUT2D eigenvalue weighted by Gasteiger charge is -2.21. The molecule has 27 heavy (non-hydrogen) atoms. The van der Waals surface area contributed by atoms with Crippen LogP contribution in [0.5, 0.6) is 0 Å². The number of pyridine rings is 1. The lowest BCUT2D eigenvalue weighted by molar-refractivity contribution is 0.468. The van der Waals surface area contributed by atoms with Crippen molar-refractivity contribution in [1.82, 2.24) is 18.8 Å². The normalized spacial score (nSPS) is 20.6. The summed E-state index contributed by atoms with van der Waals surface area (Å²) >= 11 is 0. The van der Waals surface area contributed by atoms with Gasteiger partial charge < -0.3 is 9.88 Å². The van der Waals surface area contributed by atoms with Gasteiger partial charge >= 0.3 is 0 Å². The fourth-order valence-corrected chi connectivity index (χ4v) is 4.92. The summed E-state index contributed by atoms with van der Waals surface area (Å²) < 4.78 is 29.2. The second-order valence-corrected chi connectivity index (χ2v) is 8.59. The van der Waals surface area contributed by atoms with Gasteiger partial charge in [0, 0.05) is 56.4 Å². The first kappa shape index (κ1) is 17.7. The number of nitrogens with one attached hydrogen (secondary N) is 1. The van der Waals surface area contributed by atoms with E-state index in [1.807, 2.05) is 42.5 Å². The lowest BCUT2D eigenvalue weighted by Crippen LogP contribution is -2.32. The molecule has 8 heteroatoms. The third-order valence-corrected chi connectivity index (χ3v) is 6.55. The first-order valence-electron chi connectivity index (χ1n) is 8.73. The maximum atomic E-state index is 13.0. The first-order chi connectivity index (χ1) is 13.0. The highest BCUT2D eigenvalue weighted by atomic mass is 32.2. The molecular weight excluding hydrogens is 362 g/mol. The average molecular weight is 383 g/mol. The summed E-state index contributed by atoms with van der Waals surface area (Å²) in [6.07, 6.45) is 6.48. The van der Waals surface area contributed by atoms with Crippen molar-refractivity contribution >= 4 is 15.7 Å². The monoisotopic (exact) mass is 383 g/mol. The Balaban J connectivity index is 1.64. The van der Waals surface area contributed by atoms with E-state index in [2.05, 4.69) is 15.3 Å². The molecule has 0 radical (unpaired) electrons. The van der Waals surface area contributed by atoms with Crippen molar-refractivity contribution in [2.75, 3.05) is 18.4 Å². The van der Waals surface area contributed by atoms with Gasteiger partial charge in [-0.3, -0.25) is 4.98 Å². The Morgan fingerprint density at radius 1 is 1.07 bits per heavy atom. The van der Waals surface area contributed by atoms with Crippen LogP contribution in [0.4, 0.5) is 5.69 Å². The fourth-order valence-electron chi connectivity index (χ4n) is 3.46. The molecule has 0 amide bonds. The van der Waals surface area contributed by atoms with Gasteiger partial charge in [-0.2, -0.15) is 4.31 Å². The first-order valence-corrected chi connectivity index (χ1v) is 10.2. The molecule has 1 fully saturated rings. The van der Waals surface area contributed by atoms with Crippen LogP contribution in [0.15, 0.2) is 72.4 Å². The molecular formula is C19H21N5O2S. The van der Waals surface area contributed by atoms with E-state index in [-0.39, 0.29) is 17.0 Å². The van der Waals surface area contributed by atoms with Crippen molar-refractivity contribution in [2.24, 2.45) is 7.05 Å². The Morgan fingerprint density at radius 2 is 1.81 bits per heavy atom. The molecule has 140 valence electrons. The largest absolute Gasteiger partial charge is 0.380 e. The number of benzene rings is 1. The van der Waals surface area contributed by atoms with Crippen molar-refractivity contribution in [3.8, 4) is 0 Å². The van der Waals surface area contributed by atoms with Crippen LogP contribution in [0.2, 0.25) is 0 Å². The molecule has 1 aromatic carbocycles. The molecule has 3 heterocycles. The second-order valence-electron chi connectivity index (χ2n) is 6.70. The number of aromatic nitrogens is 3. The Labute approximate surface area is 158 Å². The van der Waals surface area contributed by atoms with E-state index in [0.29, 0.717) is 13.1 Å². The van der Waals surface area contributed by atoms with Crippen LogP contribution >= 0.6 is 0 Å². The summed E-state index contributed by atoms with van der Waals surface area (Å²) in [6, 6.07) is 13.7. The molecule has 0 saturated carbocycles. The van der Waals surface area contributed by atoms with Crippen LogP contribution in [-0.4, -0.2) is 46.4 Å². The van der Waals surface area contributed by atoms with Crippen LogP contribution in [0.1, 0.15) is 11.5 Å². The smallest absolute Gasteiger partial charge is 0.262 e. The zero-order valence-corrected chi connectivity index (χ0v) is 15.7. The molecule has 0 bridgehead atoms. The van der Waals surface area contributed by atoms with Gasteiger partial charge in [-0.15, -0.1) is 0 Å². The quantitative estimate of drug-likeness (QED) is 0.730. The summed E-state index contributed by atoms with van der Waals surface area (Å²) in [5, 5.41) is 3.56. The predicted molar refractivity (Wildman–Crippen MR) is 103 cm³/mol. The molecule has 1 N–H and O–H groups in total. The second kappa shape index (κ2) is 7.13. The minimum absolute atomic E-state index is 0.0397. The van der Waals surface area contributed by atoms with Gasteiger partial charge in [-0.05, 0) is 17.7 Å². The summed E-state index contributed by atoms with van der Waals surface area (Å²) in [5.41, 5.74) is 2.04. The minimum atomic E-state index is -3.63. The van der Waals surface area contributed by atoms with Crippen LogP contribution < -0.4 is 5.32 Å². The number of imidazole rings is 1. The van der Waals surface area contributed by atoms with Crippen molar-refractivity contribution in [3.63, 3.8) is 0 Å². The molecule has 3 aromatic rings. The van der Waals surface area contributed by atoms with Gasteiger partial charge in [0.05, 0.1) is 6.33 Å². The third kappa shape index (κ3) is 3.58. The van der Waals surface area contributed by atoms with Crippen molar-refractivity contribution in [2.45, 2.75) is 17.0 Å². The van der Waals surface area contributed by atoms with E-state index in [1.54, 1.807) is 24.0 Å². The molecule has 0 spiro atoms. The number of hydrogen-bond donors (Lipinski definition) is 1. The molecule has 4 rings (SSSR count). The highest BCUT2D eigenvalue weighted by molar-refractivity contribution is 7.89. The molecule has 2 atom stereocenters. The maximum absolute atomic E-state index is 13.0. The Kier molecular flexibility index (Phi) is 4.67. The molecule has 7 nitrogen and oxygen atoms in total. The topological polar surface area (TPSA) is 80.1 Å². The van der Waals surface area contributed by atoms with E-state index in [0.717, 1.165) is 11.3 Å². The zero-order valence-electron chi connectivity index (χ0n) is 14.9. The highest BCUT2D eigenvalue weighted by Crippen LogP contribution is 2.33. The zero-order chi connectivity index (χ0) is 18.9. The Bertz CT molecular complexity index is 1000. The maximum Gasteiger partial charge on any atom is 0.262 e. The number of anilines is 1. The van der Waals surface area contributed by atoms with E-state index >= 15 is 0 Å². The van der Waals surface area contributed by atoms with E-state index in [4.69, 9.17) is 0 Å². The van der Waals surface area contributed by atoms with Crippen LogP contribution in [0, 0.1) is 0 Å². The lowest BCUT2D eigenvalue weighted by atomic mass is 9.94. The van der Waals surface area contributed by atoms with Crippen LogP contribution in [0.25, 0.3) is 0 Å². The SMILES string of the molecule is Cn1cnc(S(=O)(=O)N2CC(Nc3ccncc3)C(c3ccccc3)C2)c1. The van der Waals surface area contributed by atoms with Crippen molar-refractivity contribution in [1.29, 1.82) is 0 Å². The highest BCUT2D eigenvalue weighted by Gasteiger charge is 2.40. The minimum Gasteiger partial charge on any atom is -0.380 e. The molecule has 1 saturated heterocycles. The summed E-state index contributed by atoms with van der Waals surface area (Å²) in [4.78, 5) is 8.08. The fraction of sp³-hybridized carbons (Fsp3) is 0.263. The van der Waals surface area contributed by atoms with Crippen LogP contribution in [0.3, 0.4) is 0 Å². The Morgan fingerprint density at radius 3 is 2.48 bits per heavy atom. The van der Waals surface area contributed by atoms with Crippen molar-refractivity contribution in [3.05, 3.63) is 72.9 Å². The molecule has 2 unspecified atom stereocenters. The van der Waals surface area contributed by atoms with Gasteiger partial charge in [-0.25, -0.2) is 13.4 Å². The summed E-state index contributed by atoms with van der Waals surface area (Å²) in [7, 11) is -1.87.